The third-order valence-corrected chi connectivity index (χ3v) is 3.82. The number of furan rings is 1. The fourth-order valence-electron chi connectivity index (χ4n) is 2.29. The number of ketones is 1. The lowest BCUT2D eigenvalue weighted by Gasteiger charge is -2.03. The highest BCUT2D eigenvalue weighted by atomic mass is 79.9. The number of carbonyl (C=O) groups is 1. The maximum Gasteiger partial charge on any atom is 0.228 e. The van der Waals surface area contributed by atoms with Crippen LogP contribution in [0.15, 0.2) is 51.4 Å². The molecule has 0 spiro atoms. The van der Waals surface area contributed by atoms with Gasteiger partial charge in [0.25, 0.3) is 0 Å². The number of hydrogen-bond acceptors (Lipinski definition) is 2. The van der Waals surface area contributed by atoms with Crippen molar-refractivity contribution in [3.05, 3.63) is 69.4 Å². The van der Waals surface area contributed by atoms with E-state index in [-0.39, 0.29) is 5.78 Å². The van der Waals surface area contributed by atoms with E-state index in [9.17, 15) is 4.79 Å². The van der Waals surface area contributed by atoms with E-state index in [2.05, 4.69) is 15.9 Å². The second kappa shape index (κ2) is 4.91. The van der Waals surface area contributed by atoms with Crippen LogP contribution in [0, 0.1) is 13.8 Å². The second-order valence-corrected chi connectivity index (χ2v) is 5.86. The van der Waals surface area contributed by atoms with Gasteiger partial charge in [0.1, 0.15) is 5.58 Å². The van der Waals surface area contributed by atoms with Gasteiger partial charge in [-0.3, -0.25) is 4.79 Å². The quantitative estimate of drug-likeness (QED) is 0.616. The molecule has 3 heteroatoms. The number of halogens is 1. The van der Waals surface area contributed by atoms with Crippen molar-refractivity contribution in [2.45, 2.75) is 13.8 Å². The first kappa shape index (κ1) is 13.1. The Morgan fingerprint density at radius 1 is 1.05 bits per heavy atom. The van der Waals surface area contributed by atoms with Crippen LogP contribution in [0.2, 0.25) is 0 Å². The fraction of sp³-hybridized carbons (Fsp3) is 0.118. The Hall–Kier alpha value is -1.87. The molecular weight excluding hydrogens is 316 g/mol. The molecule has 3 rings (SSSR count). The molecule has 0 aliphatic carbocycles. The molecule has 0 radical (unpaired) electrons. The number of aryl methyl sites for hydroxylation is 2. The minimum atomic E-state index is -0.0798. The smallest absolute Gasteiger partial charge is 0.228 e. The molecule has 0 aliphatic heterocycles. The molecular formula is C17H13BrO2. The van der Waals surface area contributed by atoms with E-state index >= 15 is 0 Å². The minimum Gasteiger partial charge on any atom is -0.453 e. The summed E-state index contributed by atoms with van der Waals surface area (Å²) < 4.78 is 6.63. The van der Waals surface area contributed by atoms with Gasteiger partial charge in [0.2, 0.25) is 5.78 Å². The van der Waals surface area contributed by atoms with Crippen molar-refractivity contribution in [3.63, 3.8) is 0 Å². The Bertz CT molecular complexity index is 815. The first-order chi connectivity index (χ1) is 9.54. The SMILES string of the molecule is Cc1ccc2oc(C(=O)c3ccc(Br)cc3C)cc2c1. The molecule has 0 saturated heterocycles. The minimum absolute atomic E-state index is 0.0798. The molecule has 2 nitrogen and oxygen atoms in total. The molecule has 0 unspecified atom stereocenters. The van der Waals surface area contributed by atoms with Crippen LogP contribution < -0.4 is 0 Å². The van der Waals surface area contributed by atoms with Gasteiger partial charge in [0.15, 0.2) is 5.76 Å². The second-order valence-electron chi connectivity index (χ2n) is 4.94. The Balaban J connectivity index is 2.08. The predicted molar refractivity (Wildman–Crippen MR) is 83.3 cm³/mol. The van der Waals surface area contributed by atoms with E-state index in [0.717, 1.165) is 26.6 Å². The third-order valence-electron chi connectivity index (χ3n) is 3.33. The summed E-state index contributed by atoms with van der Waals surface area (Å²) in [6.07, 6.45) is 0. The van der Waals surface area contributed by atoms with Gasteiger partial charge < -0.3 is 4.42 Å². The van der Waals surface area contributed by atoms with Crippen LogP contribution in [0.3, 0.4) is 0 Å². The number of fused-ring (bicyclic) bond motifs is 1. The topological polar surface area (TPSA) is 30.2 Å². The zero-order chi connectivity index (χ0) is 14.3. The van der Waals surface area contributed by atoms with Gasteiger partial charge in [-0.05, 0) is 55.8 Å². The Morgan fingerprint density at radius 2 is 1.85 bits per heavy atom. The van der Waals surface area contributed by atoms with Crippen molar-refractivity contribution < 1.29 is 9.21 Å². The molecule has 0 amide bonds. The summed E-state index contributed by atoms with van der Waals surface area (Å²) in [6.45, 7) is 3.94. The third kappa shape index (κ3) is 2.29. The van der Waals surface area contributed by atoms with E-state index in [1.165, 1.54) is 0 Å². The van der Waals surface area contributed by atoms with Gasteiger partial charge in [-0.15, -0.1) is 0 Å². The number of carbonyl (C=O) groups excluding carboxylic acids is 1. The normalized spacial score (nSPS) is 10.9. The van der Waals surface area contributed by atoms with Crippen LogP contribution in [0.1, 0.15) is 27.2 Å². The maximum absolute atomic E-state index is 12.5. The van der Waals surface area contributed by atoms with Crippen LogP contribution in [0.25, 0.3) is 11.0 Å². The molecule has 1 heterocycles. The molecule has 0 N–H and O–H groups in total. The van der Waals surface area contributed by atoms with E-state index < -0.39 is 0 Å². The van der Waals surface area contributed by atoms with Crippen LogP contribution >= 0.6 is 15.9 Å². The van der Waals surface area contributed by atoms with Crippen molar-refractivity contribution >= 4 is 32.7 Å². The molecule has 0 saturated carbocycles. The van der Waals surface area contributed by atoms with Crippen molar-refractivity contribution in [3.8, 4) is 0 Å². The summed E-state index contributed by atoms with van der Waals surface area (Å²) >= 11 is 3.40. The monoisotopic (exact) mass is 328 g/mol. The van der Waals surface area contributed by atoms with Crippen LogP contribution in [0.4, 0.5) is 0 Å². The van der Waals surface area contributed by atoms with E-state index in [1.807, 2.05) is 56.3 Å². The zero-order valence-corrected chi connectivity index (χ0v) is 12.8. The van der Waals surface area contributed by atoms with Crippen molar-refractivity contribution in [1.82, 2.24) is 0 Å². The van der Waals surface area contributed by atoms with Crippen molar-refractivity contribution in [1.29, 1.82) is 0 Å². The lowest BCUT2D eigenvalue weighted by molar-refractivity contribution is 0.101. The van der Waals surface area contributed by atoms with Crippen LogP contribution in [0.5, 0.6) is 0 Å². The lowest BCUT2D eigenvalue weighted by Crippen LogP contribution is -2.02. The first-order valence-corrected chi connectivity index (χ1v) is 7.15. The van der Waals surface area contributed by atoms with E-state index in [0.29, 0.717) is 11.3 Å². The van der Waals surface area contributed by atoms with E-state index in [4.69, 9.17) is 4.42 Å². The molecule has 0 atom stereocenters. The zero-order valence-electron chi connectivity index (χ0n) is 11.2. The number of rotatable bonds is 2. The fourth-order valence-corrected chi connectivity index (χ4v) is 2.76. The molecule has 0 aliphatic rings. The molecule has 0 bridgehead atoms. The Kier molecular flexibility index (Phi) is 3.22. The average Bonchev–Trinajstić information content (AvgIpc) is 2.81. The molecule has 100 valence electrons. The largest absolute Gasteiger partial charge is 0.453 e. The maximum atomic E-state index is 12.5. The summed E-state index contributed by atoms with van der Waals surface area (Å²) in [5.41, 5.74) is 3.50. The van der Waals surface area contributed by atoms with Gasteiger partial charge in [-0.2, -0.15) is 0 Å². The van der Waals surface area contributed by atoms with E-state index in [1.54, 1.807) is 0 Å². The Labute approximate surface area is 125 Å². The molecule has 2 aromatic carbocycles. The first-order valence-electron chi connectivity index (χ1n) is 6.35. The summed E-state index contributed by atoms with van der Waals surface area (Å²) in [5.74, 6) is 0.305. The standard InChI is InChI=1S/C17H13BrO2/c1-10-3-6-15-12(7-10)9-16(20-15)17(19)14-5-4-13(18)8-11(14)2/h3-9H,1-2H3. The van der Waals surface area contributed by atoms with Gasteiger partial charge in [0.05, 0.1) is 0 Å². The Morgan fingerprint density at radius 3 is 2.60 bits per heavy atom. The van der Waals surface area contributed by atoms with Gasteiger partial charge in [-0.25, -0.2) is 0 Å². The number of benzene rings is 2. The summed E-state index contributed by atoms with van der Waals surface area (Å²) in [5, 5.41) is 0.961. The highest BCUT2D eigenvalue weighted by Gasteiger charge is 2.16. The van der Waals surface area contributed by atoms with Crippen molar-refractivity contribution in [2.75, 3.05) is 0 Å². The molecule has 3 aromatic rings. The average molecular weight is 329 g/mol. The van der Waals surface area contributed by atoms with Gasteiger partial charge >= 0.3 is 0 Å². The molecule has 0 fully saturated rings. The number of hydrogen-bond donors (Lipinski definition) is 0. The lowest BCUT2D eigenvalue weighted by atomic mass is 10.0. The predicted octanol–water partition coefficient (Wildman–Crippen LogP) is 5.04. The van der Waals surface area contributed by atoms with Crippen molar-refractivity contribution in [2.24, 2.45) is 0 Å². The summed E-state index contributed by atoms with van der Waals surface area (Å²) in [4.78, 5) is 12.5. The highest BCUT2D eigenvalue weighted by molar-refractivity contribution is 9.10. The van der Waals surface area contributed by atoms with Crippen LogP contribution in [-0.2, 0) is 0 Å². The summed E-state index contributed by atoms with van der Waals surface area (Å²) in [7, 11) is 0. The molecule has 1 aromatic heterocycles. The molecule has 20 heavy (non-hydrogen) atoms. The van der Waals surface area contributed by atoms with Gasteiger partial charge in [0, 0.05) is 15.4 Å². The highest BCUT2D eigenvalue weighted by Crippen LogP contribution is 2.24. The van der Waals surface area contributed by atoms with Crippen LogP contribution in [-0.4, -0.2) is 5.78 Å². The van der Waals surface area contributed by atoms with Gasteiger partial charge in [-0.1, -0.05) is 27.6 Å². The summed E-state index contributed by atoms with van der Waals surface area (Å²) in [6, 6.07) is 13.3.